The Hall–Kier alpha value is -2.02. The van der Waals surface area contributed by atoms with Crippen LogP contribution in [0.15, 0.2) is 26.9 Å². The molecule has 2 N–H and O–H groups in total. The van der Waals surface area contributed by atoms with Gasteiger partial charge in [0.1, 0.15) is 10.8 Å². The van der Waals surface area contributed by atoms with E-state index in [4.69, 9.17) is 14.9 Å². The number of hydrogen-bond acceptors (Lipinski definition) is 7. The summed E-state index contributed by atoms with van der Waals surface area (Å²) in [5, 5.41) is 0.890. The molecule has 2 rings (SSSR count). The third-order valence-corrected chi connectivity index (χ3v) is 3.43. The first-order valence-corrected chi connectivity index (χ1v) is 6.87. The van der Waals surface area contributed by atoms with Gasteiger partial charge in [0.05, 0.1) is 29.7 Å². The number of hydrogen-bond donors (Lipinski definition) is 1. The number of oxazole rings is 1. The SMILES string of the molecule is CCOC(=O)c1cc(N)cnc1Sc1nc(C)c(C)o1. The van der Waals surface area contributed by atoms with Gasteiger partial charge >= 0.3 is 5.97 Å². The smallest absolute Gasteiger partial charge is 0.340 e. The number of carbonyl (C=O) groups is 1. The molecule has 0 saturated carbocycles. The molecular formula is C13H15N3O3S. The average Bonchev–Trinajstić information content (AvgIpc) is 2.71. The lowest BCUT2D eigenvalue weighted by molar-refractivity contribution is 0.0521. The summed E-state index contributed by atoms with van der Waals surface area (Å²) in [5.74, 6) is 0.274. The van der Waals surface area contributed by atoms with Gasteiger partial charge in [-0.3, -0.25) is 0 Å². The molecule has 0 unspecified atom stereocenters. The summed E-state index contributed by atoms with van der Waals surface area (Å²) < 4.78 is 10.5. The van der Waals surface area contributed by atoms with E-state index in [1.807, 2.05) is 13.8 Å². The molecule has 0 radical (unpaired) electrons. The summed E-state index contributed by atoms with van der Waals surface area (Å²) in [4.78, 5) is 20.3. The predicted octanol–water partition coefficient (Wildman–Crippen LogP) is 2.60. The second-order valence-electron chi connectivity index (χ2n) is 4.07. The molecule has 7 heteroatoms. The average molecular weight is 293 g/mol. The van der Waals surface area contributed by atoms with Gasteiger partial charge in [0, 0.05) is 0 Å². The minimum Gasteiger partial charge on any atom is -0.462 e. The van der Waals surface area contributed by atoms with E-state index < -0.39 is 5.97 Å². The molecule has 0 fully saturated rings. The molecule has 106 valence electrons. The van der Waals surface area contributed by atoms with Gasteiger partial charge in [-0.1, -0.05) is 0 Å². The Morgan fingerprint density at radius 2 is 2.25 bits per heavy atom. The highest BCUT2D eigenvalue weighted by atomic mass is 32.2. The van der Waals surface area contributed by atoms with Crippen LogP contribution in [0.1, 0.15) is 28.7 Å². The Morgan fingerprint density at radius 1 is 1.50 bits per heavy atom. The molecule has 0 aliphatic heterocycles. The number of nitrogens with zero attached hydrogens (tertiary/aromatic N) is 2. The van der Waals surface area contributed by atoms with Crippen molar-refractivity contribution in [3.63, 3.8) is 0 Å². The van der Waals surface area contributed by atoms with Crippen molar-refractivity contribution in [2.24, 2.45) is 0 Å². The molecule has 2 heterocycles. The van der Waals surface area contributed by atoms with E-state index in [0.717, 1.165) is 11.5 Å². The zero-order valence-electron chi connectivity index (χ0n) is 11.5. The highest BCUT2D eigenvalue weighted by molar-refractivity contribution is 7.99. The predicted molar refractivity (Wildman–Crippen MR) is 74.7 cm³/mol. The standard InChI is InChI=1S/C13H15N3O3S/c1-4-18-12(17)10-5-9(14)6-15-11(10)20-13-16-7(2)8(3)19-13/h5-6H,4,14H2,1-3H3. The number of pyridine rings is 1. The van der Waals surface area contributed by atoms with Crippen LogP contribution in [0.2, 0.25) is 0 Å². The first kappa shape index (κ1) is 14.4. The summed E-state index contributed by atoms with van der Waals surface area (Å²) in [6, 6.07) is 1.54. The lowest BCUT2D eigenvalue weighted by atomic mass is 10.3. The van der Waals surface area contributed by atoms with Crippen LogP contribution in [0.3, 0.4) is 0 Å². The molecule has 0 amide bonds. The number of ether oxygens (including phenoxy) is 1. The molecule has 6 nitrogen and oxygen atoms in total. The Balaban J connectivity index is 2.33. The van der Waals surface area contributed by atoms with E-state index in [9.17, 15) is 4.79 Å². The summed E-state index contributed by atoms with van der Waals surface area (Å²) in [7, 11) is 0. The van der Waals surface area contributed by atoms with Crippen LogP contribution in [0, 0.1) is 13.8 Å². The topological polar surface area (TPSA) is 91.2 Å². The van der Waals surface area contributed by atoms with E-state index in [2.05, 4.69) is 9.97 Å². The van der Waals surface area contributed by atoms with Gasteiger partial charge in [0.2, 0.25) is 0 Å². The van der Waals surface area contributed by atoms with Crippen molar-refractivity contribution in [1.29, 1.82) is 0 Å². The molecule has 2 aromatic heterocycles. The van der Waals surface area contributed by atoms with Crippen molar-refractivity contribution < 1.29 is 13.9 Å². The van der Waals surface area contributed by atoms with Crippen molar-refractivity contribution in [2.75, 3.05) is 12.3 Å². The fraction of sp³-hybridized carbons (Fsp3) is 0.308. The second-order valence-corrected chi connectivity index (χ2v) is 5.01. The number of rotatable bonds is 4. The summed E-state index contributed by atoms with van der Waals surface area (Å²) >= 11 is 1.17. The van der Waals surface area contributed by atoms with Crippen LogP contribution >= 0.6 is 11.8 Å². The van der Waals surface area contributed by atoms with E-state index in [0.29, 0.717) is 21.5 Å². The van der Waals surface area contributed by atoms with Crippen LogP contribution in [-0.4, -0.2) is 22.5 Å². The zero-order valence-corrected chi connectivity index (χ0v) is 12.3. The molecule has 0 saturated heterocycles. The van der Waals surface area contributed by atoms with Gasteiger partial charge in [-0.25, -0.2) is 14.8 Å². The fourth-order valence-electron chi connectivity index (χ4n) is 1.47. The Bertz CT molecular complexity index is 620. The first-order chi connectivity index (χ1) is 9.51. The number of nitrogen functional groups attached to an aromatic ring is 1. The summed E-state index contributed by atoms with van der Waals surface area (Å²) in [5.41, 5.74) is 7.18. The monoisotopic (exact) mass is 293 g/mol. The van der Waals surface area contributed by atoms with Gasteiger partial charge < -0.3 is 14.9 Å². The zero-order chi connectivity index (χ0) is 14.7. The van der Waals surface area contributed by atoms with Crippen molar-refractivity contribution in [3.8, 4) is 0 Å². The van der Waals surface area contributed by atoms with E-state index >= 15 is 0 Å². The maximum Gasteiger partial charge on any atom is 0.340 e. The van der Waals surface area contributed by atoms with Crippen LogP contribution in [0.25, 0.3) is 0 Å². The molecule has 2 aromatic rings. The third-order valence-electron chi connectivity index (χ3n) is 2.56. The summed E-state index contributed by atoms with van der Waals surface area (Å²) in [6.45, 7) is 5.71. The quantitative estimate of drug-likeness (QED) is 0.866. The van der Waals surface area contributed by atoms with Crippen molar-refractivity contribution in [3.05, 3.63) is 29.3 Å². The van der Waals surface area contributed by atoms with Gasteiger partial charge in [-0.05, 0) is 38.6 Å². The van der Waals surface area contributed by atoms with E-state index in [1.54, 1.807) is 6.92 Å². The van der Waals surface area contributed by atoms with Gasteiger partial charge in [-0.2, -0.15) is 0 Å². The Morgan fingerprint density at radius 3 is 2.85 bits per heavy atom. The summed E-state index contributed by atoms with van der Waals surface area (Å²) in [6.07, 6.45) is 1.48. The first-order valence-electron chi connectivity index (χ1n) is 6.05. The van der Waals surface area contributed by atoms with Gasteiger partial charge in [0.15, 0.2) is 0 Å². The Kier molecular flexibility index (Phi) is 4.29. The minimum absolute atomic E-state index is 0.287. The molecule has 0 aliphatic rings. The number of aromatic nitrogens is 2. The second kappa shape index (κ2) is 5.96. The molecule has 0 aromatic carbocycles. The Labute approximate surface area is 120 Å². The number of nitrogens with two attached hydrogens (primary N) is 1. The molecule has 0 bridgehead atoms. The number of aryl methyl sites for hydroxylation is 2. The number of esters is 1. The molecule has 0 atom stereocenters. The van der Waals surface area contributed by atoms with Crippen molar-refractivity contribution in [2.45, 2.75) is 31.0 Å². The number of anilines is 1. The maximum atomic E-state index is 11.9. The maximum absolute atomic E-state index is 11.9. The van der Waals surface area contributed by atoms with E-state index in [-0.39, 0.29) is 6.61 Å². The van der Waals surface area contributed by atoms with E-state index in [1.165, 1.54) is 24.0 Å². The largest absolute Gasteiger partial charge is 0.462 e. The van der Waals surface area contributed by atoms with Crippen LogP contribution in [0.4, 0.5) is 5.69 Å². The fourth-order valence-corrected chi connectivity index (χ4v) is 2.35. The molecule has 20 heavy (non-hydrogen) atoms. The van der Waals surface area contributed by atoms with Gasteiger partial charge in [-0.15, -0.1) is 0 Å². The molecule has 0 spiro atoms. The molecular weight excluding hydrogens is 278 g/mol. The highest BCUT2D eigenvalue weighted by Crippen LogP contribution is 2.30. The van der Waals surface area contributed by atoms with Crippen molar-refractivity contribution >= 4 is 23.4 Å². The van der Waals surface area contributed by atoms with Crippen LogP contribution < -0.4 is 5.73 Å². The van der Waals surface area contributed by atoms with Crippen LogP contribution in [-0.2, 0) is 4.74 Å². The van der Waals surface area contributed by atoms with Gasteiger partial charge in [0.25, 0.3) is 5.22 Å². The lowest BCUT2D eigenvalue weighted by Gasteiger charge is -2.06. The third kappa shape index (κ3) is 3.11. The number of carbonyl (C=O) groups excluding carboxylic acids is 1. The minimum atomic E-state index is -0.463. The lowest BCUT2D eigenvalue weighted by Crippen LogP contribution is -2.08. The highest BCUT2D eigenvalue weighted by Gasteiger charge is 2.18. The van der Waals surface area contributed by atoms with Crippen molar-refractivity contribution in [1.82, 2.24) is 9.97 Å². The van der Waals surface area contributed by atoms with Crippen LogP contribution in [0.5, 0.6) is 0 Å². The normalized spacial score (nSPS) is 10.6. The molecule has 0 aliphatic carbocycles.